The van der Waals surface area contributed by atoms with Gasteiger partial charge < -0.3 is 16.2 Å². The summed E-state index contributed by atoms with van der Waals surface area (Å²) in [6, 6.07) is 7.65. The molecular weight excluding hydrogens is 256 g/mol. The zero-order valence-electron chi connectivity index (χ0n) is 11.9. The summed E-state index contributed by atoms with van der Waals surface area (Å²) in [5.41, 5.74) is 12.4. The van der Waals surface area contributed by atoms with E-state index in [-0.39, 0.29) is 5.92 Å². The molecule has 0 aliphatic carbocycles. The summed E-state index contributed by atoms with van der Waals surface area (Å²) in [6.07, 6.45) is 1.06. The second-order valence-corrected chi connectivity index (χ2v) is 4.95. The van der Waals surface area contributed by atoms with Gasteiger partial charge in [-0.15, -0.1) is 0 Å². The van der Waals surface area contributed by atoms with Gasteiger partial charge in [0.1, 0.15) is 12.1 Å². The van der Waals surface area contributed by atoms with Crippen LogP contribution in [0, 0.1) is 5.92 Å². The van der Waals surface area contributed by atoms with E-state index < -0.39 is 24.0 Å². The lowest BCUT2D eigenvalue weighted by molar-refractivity contribution is -0.162. The highest BCUT2D eigenvalue weighted by atomic mass is 16.6. The lowest BCUT2D eigenvalue weighted by atomic mass is 10.0. The molecule has 0 radical (unpaired) electrons. The first kappa shape index (κ1) is 16.3. The van der Waals surface area contributed by atoms with Gasteiger partial charge in [0.05, 0.1) is 0 Å². The molecule has 1 rings (SSSR count). The molecule has 0 heterocycles. The maximum absolute atomic E-state index is 11.7. The third kappa shape index (κ3) is 4.75. The number of esters is 2. The van der Waals surface area contributed by atoms with Crippen LogP contribution in [0.2, 0.25) is 0 Å². The van der Waals surface area contributed by atoms with Crippen LogP contribution < -0.4 is 11.5 Å². The highest BCUT2D eigenvalue weighted by Gasteiger charge is 2.26. The summed E-state index contributed by atoms with van der Waals surface area (Å²) in [5.74, 6) is -1.49. The molecule has 0 saturated heterocycles. The zero-order chi connectivity index (χ0) is 15.1. The first-order valence-electron chi connectivity index (χ1n) is 6.76. The van der Waals surface area contributed by atoms with Crippen molar-refractivity contribution >= 4 is 11.9 Å². The number of hydrogen-bond acceptors (Lipinski definition) is 5. The molecule has 1 aromatic rings. The van der Waals surface area contributed by atoms with Crippen LogP contribution in [-0.2, 0) is 20.7 Å². The van der Waals surface area contributed by atoms with Gasteiger partial charge in [-0.2, -0.15) is 0 Å². The summed E-state index contributed by atoms with van der Waals surface area (Å²) < 4.78 is 4.74. The lowest BCUT2D eigenvalue weighted by Crippen LogP contribution is -2.43. The van der Waals surface area contributed by atoms with Crippen LogP contribution in [0.4, 0.5) is 0 Å². The topological polar surface area (TPSA) is 95.4 Å². The predicted molar refractivity (Wildman–Crippen MR) is 76.7 cm³/mol. The Morgan fingerprint density at radius 1 is 1.15 bits per heavy atom. The van der Waals surface area contributed by atoms with Gasteiger partial charge in [-0.3, -0.25) is 0 Å². The minimum absolute atomic E-state index is 0.0411. The van der Waals surface area contributed by atoms with E-state index in [2.05, 4.69) is 0 Å². The molecule has 1 aromatic carbocycles. The second-order valence-electron chi connectivity index (χ2n) is 4.95. The van der Waals surface area contributed by atoms with Crippen molar-refractivity contribution in [3.63, 3.8) is 0 Å². The standard InChI is InChI=1S/C15H22N2O3/c1-3-10(2)13(17)15(19)20-14(18)12(16)9-11-7-5-4-6-8-11/h4-8,10,12-13H,3,9,16-17H2,1-2H3/t10-,12-,13-/m0/s1. The summed E-state index contributed by atoms with van der Waals surface area (Å²) >= 11 is 0. The van der Waals surface area contributed by atoms with Gasteiger partial charge in [0, 0.05) is 0 Å². The van der Waals surface area contributed by atoms with Gasteiger partial charge in [-0.05, 0) is 17.9 Å². The molecule has 5 heteroatoms. The molecule has 4 N–H and O–H groups in total. The van der Waals surface area contributed by atoms with Crippen LogP contribution in [0.1, 0.15) is 25.8 Å². The van der Waals surface area contributed by atoms with Crippen LogP contribution in [0.3, 0.4) is 0 Å². The smallest absolute Gasteiger partial charge is 0.330 e. The van der Waals surface area contributed by atoms with Crippen molar-refractivity contribution in [2.75, 3.05) is 0 Å². The molecule has 5 nitrogen and oxygen atoms in total. The Morgan fingerprint density at radius 3 is 2.30 bits per heavy atom. The van der Waals surface area contributed by atoms with Crippen molar-refractivity contribution < 1.29 is 14.3 Å². The molecule has 3 atom stereocenters. The third-order valence-corrected chi connectivity index (χ3v) is 3.33. The maximum atomic E-state index is 11.7. The molecule has 0 aromatic heterocycles. The average molecular weight is 278 g/mol. The lowest BCUT2D eigenvalue weighted by Gasteiger charge is -2.17. The molecule has 0 bridgehead atoms. The Balaban J connectivity index is 2.51. The van der Waals surface area contributed by atoms with E-state index >= 15 is 0 Å². The molecule has 0 unspecified atom stereocenters. The Kier molecular flexibility index (Phi) is 6.35. The van der Waals surface area contributed by atoms with E-state index in [1.54, 1.807) is 0 Å². The first-order valence-corrected chi connectivity index (χ1v) is 6.76. The van der Waals surface area contributed by atoms with Crippen LogP contribution in [-0.4, -0.2) is 24.0 Å². The Labute approximate surface area is 119 Å². The molecule has 0 saturated carbocycles. The van der Waals surface area contributed by atoms with Crippen molar-refractivity contribution in [2.24, 2.45) is 17.4 Å². The summed E-state index contributed by atoms with van der Waals surface area (Å²) in [7, 11) is 0. The molecule has 0 amide bonds. The van der Waals surface area contributed by atoms with Crippen molar-refractivity contribution in [2.45, 2.75) is 38.8 Å². The minimum atomic E-state index is -0.870. The molecular formula is C15H22N2O3. The number of ether oxygens (including phenoxy) is 1. The maximum Gasteiger partial charge on any atom is 0.330 e. The highest BCUT2D eigenvalue weighted by Crippen LogP contribution is 2.08. The second kappa shape index (κ2) is 7.77. The largest absolute Gasteiger partial charge is 0.391 e. The fourth-order valence-corrected chi connectivity index (χ4v) is 1.68. The molecule has 110 valence electrons. The van der Waals surface area contributed by atoms with Crippen LogP contribution in [0.5, 0.6) is 0 Å². The third-order valence-electron chi connectivity index (χ3n) is 3.33. The number of nitrogens with two attached hydrogens (primary N) is 2. The van der Waals surface area contributed by atoms with Crippen LogP contribution in [0.15, 0.2) is 30.3 Å². The van der Waals surface area contributed by atoms with Crippen molar-refractivity contribution in [1.82, 2.24) is 0 Å². The zero-order valence-corrected chi connectivity index (χ0v) is 11.9. The fourth-order valence-electron chi connectivity index (χ4n) is 1.68. The SMILES string of the molecule is CC[C@H](C)[C@H](N)C(=O)OC(=O)[C@@H](N)Cc1ccccc1. The van der Waals surface area contributed by atoms with E-state index in [4.69, 9.17) is 16.2 Å². The molecule has 0 spiro atoms. The Morgan fingerprint density at radius 2 is 1.75 bits per heavy atom. The van der Waals surface area contributed by atoms with Gasteiger partial charge in [0.15, 0.2) is 0 Å². The van der Waals surface area contributed by atoms with Gasteiger partial charge in [-0.1, -0.05) is 50.6 Å². The van der Waals surface area contributed by atoms with Crippen LogP contribution in [0.25, 0.3) is 0 Å². The molecule has 0 aliphatic rings. The normalized spacial score (nSPS) is 15.2. The summed E-state index contributed by atoms with van der Waals surface area (Å²) in [4.78, 5) is 23.4. The van der Waals surface area contributed by atoms with Gasteiger partial charge in [0.2, 0.25) is 0 Å². The van der Waals surface area contributed by atoms with Gasteiger partial charge in [-0.25, -0.2) is 9.59 Å². The van der Waals surface area contributed by atoms with Gasteiger partial charge in [0.25, 0.3) is 0 Å². The molecule has 0 aliphatic heterocycles. The first-order chi connectivity index (χ1) is 9.45. The minimum Gasteiger partial charge on any atom is -0.391 e. The fraction of sp³-hybridized carbons (Fsp3) is 0.467. The predicted octanol–water partition coefficient (Wildman–Crippen LogP) is 1.000. The highest BCUT2D eigenvalue weighted by molar-refractivity contribution is 5.90. The number of benzene rings is 1. The Bertz CT molecular complexity index is 448. The van der Waals surface area contributed by atoms with Crippen molar-refractivity contribution in [1.29, 1.82) is 0 Å². The van der Waals surface area contributed by atoms with Crippen molar-refractivity contribution in [3.05, 3.63) is 35.9 Å². The van der Waals surface area contributed by atoms with E-state index in [9.17, 15) is 9.59 Å². The van der Waals surface area contributed by atoms with E-state index in [0.29, 0.717) is 6.42 Å². The summed E-state index contributed by atoms with van der Waals surface area (Å²) in [5, 5.41) is 0. The number of hydrogen-bond donors (Lipinski definition) is 2. The van der Waals surface area contributed by atoms with E-state index in [1.807, 2.05) is 44.2 Å². The average Bonchev–Trinajstić information content (AvgIpc) is 2.46. The van der Waals surface area contributed by atoms with Crippen LogP contribution >= 0.6 is 0 Å². The van der Waals surface area contributed by atoms with Crippen molar-refractivity contribution in [3.8, 4) is 0 Å². The van der Waals surface area contributed by atoms with E-state index in [0.717, 1.165) is 12.0 Å². The Hall–Kier alpha value is -1.72. The monoisotopic (exact) mass is 278 g/mol. The molecule has 20 heavy (non-hydrogen) atoms. The number of carbonyl (C=O) groups is 2. The quantitative estimate of drug-likeness (QED) is 0.598. The number of rotatable bonds is 6. The van der Waals surface area contributed by atoms with E-state index in [1.165, 1.54) is 0 Å². The van der Waals surface area contributed by atoms with Gasteiger partial charge >= 0.3 is 11.9 Å². The summed E-state index contributed by atoms with van der Waals surface area (Å²) in [6.45, 7) is 3.75. The number of carbonyl (C=O) groups excluding carboxylic acids is 2. The molecule has 0 fully saturated rings.